The number of hydrogen-bond acceptors (Lipinski definition) is 6. The highest BCUT2D eigenvalue weighted by Crippen LogP contribution is 2.32. The molecule has 118 valence electrons. The van der Waals surface area contributed by atoms with E-state index in [4.69, 9.17) is 0 Å². The van der Waals surface area contributed by atoms with Gasteiger partial charge in [0, 0.05) is 11.9 Å². The molecule has 22 heavy (non-hydrogen) atoms. The summed E-state index contributed by atoms with van der Waals surface area (Å²) in [6, 6.07) is 8.89. The highest BCUT2D eigenvalue weighted by molar-refractivity contribution is 5.42. The molecule has 1 aromatic heterocycles. The van der Waals surface area contributed by atoms with E-state index in [1.54, 1.807) is 6.20 Å². The van der Waals surface area contributed by atoms with Gasteiger partial charge in [0.05, 0.1) is 24.9 Å². The van der Waals surface area contributed by atoms with Crippen LogP contribution in [0.4, 0.5) is 5.69 Å². The maximum absolute atomic E-state index is 10.0. The fourth-order valence-corrected chi connectivity index (χ4v) is 2.71. The van der Waals surface area contributed by atoms with E-state index >= 15 is 0 Å². The molecule has 1 aliphatic rings. The first-order chi connectivity index (χ1) is 10.6. The molecule has 0 saturated carbocycles. The first kappa shape index (κ1) is 15.0. The zero-order valence-electron chi connectivity index (χ0n) is 11.9. The van der Waals surface area contributed by atoms with Crippen molar-refractivity contribution in [2.75, 3.05) is 11.9 Å². The van der Waals surface area contributed by atoms with E-state index in [0.717, 1.165) is 5.69 Å². The minimum absolute atomic E-state index is 0.252. The van der Waals surface area contributed by atoms with E-state index < -0.39 is 24.4 Å². The average molecular weight is 305 g/mol. The molecule has 0 spiro atoms. The van der Waals surface area contributed by atoms with Gasteiger partial charge in [-0.25, -0.2) is 4.98 Å². The van der Waals surface area contributed by atoms with Crippen LogP contribution in [0.25, 0.3) is 0 Å². The lowest BCUT2D eigenvalue weighted by atomic mass is 9.96. The number of nitrogens with one attached hydrogen (secondary N) is 1. The maximum atomic E-state index is 10.0. The van der Waals surface area contributed by atoms with Gasteiger partial charge >= 0.3 is 0 Å². The molecule has 1 aliphatic heterocycles. The number of imidazole rings is 1. The van der Waals surface area contributed by atoms with Gasteiger partial charge in [-0.3, -0.25) is 0 Å². The molecule has 2 aromatic rings. The zero-order valence-corrected chi connectivity index (χ0v) is 11.9. The minimum Gasteiger partial charge on any atom is -0.394 e. The molecule has 7 heteroatoms. The van der Waals surface area contributed by atoms with E-state index in [9.17, 15) is 20.4 Å². The average Bonchev–Trinajstić information content (AvgIpc) is 2.96. The Labute approximate surface area is 127 Å². The van der Waals surface area contributed by atoms with E-state index in [-0.39, 0.29) is 12.4 Å². The van der Waals surface area contributed by atoms with Crippen LogP contribution in [0.15, 0.2) is 36.5 Å². The molecule has 0 aliphatic carbocycles. The summed E-state index contributed by atoms with van der Waals surface area (Å²) in [6.45, 7) is 0.0843. The quantitative estimate of drug-likeness (QED) is 0.535. The Morgan fingerprint density at radius 2 is 1.82 bits per heavy atom. The van der Waals surface area contributed by atoms with Gasteiger partial charge in [-0.1, -0.05) is 18.2 Å². The first-order valence-electron chi connectivity index (χ1n) is 7.13. The predicted octanol–water partition coefficient (Wildman–Crippen LogP) is -0.203. The number of nitrogens with zero attached hydrogens (tertiary/aromatic N) is 2. The van der Waals surface area contributed by atoms with Crippen LogP contribution >= 0.6 is 0 Å². The molecule has 2 heterocycles. The molecule has 0 fully saturated rings. The van der Waals surface area contributed by atoms with Crippen molar-refractivity contribution in [1.29, 1.82) is 0 Å². The second-order valence-corrected chi connectivity index (χ2v) is 5.39. The summed E-state index contributed by atoms with van der Waals surface area (Å²) < 4.78 is 1.53. The molecule has 0 bridgehead atoms. The summed E-state index contributed by atoms with van der Waals surface area (Å²) in [7, 11) is 0. The van der Waals surface area contributed by atoms with Crippen LogP contribution in [0, 0.1) is 0 Å². The molecule has 4 atom stereocenters. The summed E-state index contributed by atoms with van der Waals surface area (Å²) in [5.74, 6) is 0.252. The van der Waals surface area contributed by atoms with Crippen molar-refractivity contribution in [3.8, 4) is 0 Å². The summed E-state index contributed by atoms with van der Waals surface area (Å²) in [6.07, 6.45) is -2.20. The standard InChI is InChI=1S/C15H19N3O4/c19-8-11-12(20)13(21)14(22)15-17-10(7-18(11)15)6-16-9-4-2-1-3-5-9/h1-5,7,11-14,16,19-22H,6,8H2/t11-,12-,13+,14+/m1/s1. The van der Waals surface area contributed by atoms with Crippen LogP contribution in [-0.2, 0) is 6.54 Å². The Morgan fingerprint density at radius 3 is 2.50 bits per heavy atom. The Balaban J connectivity index is 1.82. The Morgan fingerprint density at radius 1 is 1.09 bits per heavy atom. The number of para-hydroxylation sites is 1. The van der Waals surface area contributed by atoms with Crippen molar-refractivity contribution in [3.05, 3.63) is 48.0 Å². The van der Waals surface area contributed by atoms with E-state index in [2.05, 4.69) is 10.3 Å². The fraction of sp³-hybridized carbons (Fsp3) is 0.400. The molecule has 5 N–H and O–H groups in total. The van der Waals surface area contributed by atoms with Crippen LogP contribution in [0.3, 0.4) is 0 Å². The third kappa shape index (κ3) is 2.59. The summed E-state index contributed by atoms with van der Waals surface area (Å²) >= 11 is 0. The van der Waals surface area contributed by atoms with Gasteiger partial charge in [0.1, 0.15) is 24.1 Å². The second-order valence-electron chi connectivity index (χ2n) is 5.39. The van der Waals surface area contributed by atoms with Crippen molar-refractivity contribution in [2.24, 2.45) is 0 Å². The van der Waals surface area contributed by atoms with Gasteiger partial charge in [-0.15, -0.1) is 0 Å². The number of hydrogen-bond donors (Lipinski definition) is 5. The topological polar surface area (TPSA) is 111 Å². The minimum atomic E-state index is -1.36. The number of aliphatic hydroxyl groups is 4. The predicted molar refractivity (Wildman–Crippen MR) is 79.1 cm³/mol. The van der Waals surface area contributed by atoms with Crippen LogP contribution in [-0.4, -0.2) is 48.8 Å². The number of fused-ring (bicyclic) bond motifs is 1. The number of anilines is 1. The normalized spacial score (nSPS) is 27.5. The number of benzene rings is 1. The molecule has 0 amide bonds. The third-order valence-electron chi connectivity index (χ3n) is 3.93. The van der Waals surface area contributed by atoms with Crippen LogP contribution in [0.1, 0.15) is 23.7 Å². The first-order valence-corrected chi connectivity index (χ1v) is 7.13. The van der Waals surface area contributed by atoms with E-state index in [1.165, 1.54) is 4.57 Å². The monoisotopic (exact) mass is 305 g/mol. The SMILES string of the molecule is OC[C@@H]1[C@@H](O)[C@H](O)[C@H](O)c2nc(CNc3ccccc3)cn21. The summed E-state index contributed by atoms with van der Waals surface area (Å²) in [5, 5.41) is 42.4. The van der Waals surface area contributed by atoms with Gasteiger partial charge in [-0.05, 0) is 12.1 Å². The largest absolute Gasteiger partial charge is 0.394 e. The Kier molecular flexibility index (Phi) is 4.12. The maximum Gasteiger partial charge on any atom is 0.141 e. The lowest BCUT2D eigenvalue weighted by Crippen LogP contribution is -2.46. The summed E-state index contributed by atoms with van der Waals surface area (Å²) in [4.78, 5) is 4.30. The molecule has 3 rings (SSSR count). The van der Waals surface area contributed by atoms with E-state index in [1.807, 2.05) is 30.3 Å². The van der Waals surface area contributed by atoms with Gasteiger partial charge in [0.25, 0.3) is 0 Å². The van der Waals surface area contributed by atoms with Crippen molar-refractivity contribution in [1.82, 2.24) is 9.55 Å². The van der Waals surface area contributed by atoms with Crippen molar-refractivity contribution in [2.45, 2.75) is 30.9 Å². The molecule has 1 aromatic carbocycles. The Bertz CT molecular complexity index is 631. The lowest BCUT2D eigenvalue weighted by molar-refractivity contribution is -0.108. The second kappa shape index (κ2) is 6.05. The van der Waals surface area contributed by atoms with Gasteiger partial charge in [-0.2, -0.15) is 0 Å². The third-order valence-corrected chi connectivity index (χ3v) is 3.93. The number of aliphatic hydroxyl groups excluding tert-OH is 4. The van der Waals surface area contributed by atoms with Crippen LogP contribution in [0.5, 0.6) is 0 Å². The van der Waals surface area contributed by atoms with Crippen LogP contribution in [0.2, 0.25) is 0 Å². The number of rotatable bonds is 4. The van der Waals surface area contributed by atoms with Crippen molar-refractivity contribution >= 4 is 5.69 Å². The molecular weight excluding hydrogens is 286 g/mol. The lowest BCUT2D eigenvalue weighted by Gasteiger charge is -2.35. The smallest absolute Gasteiger partial charge is 0.141 e. The zero-order chi connectivity index (χ0) is 15.7. The molecule has 0 unspecified atom stereocenters. The van der Waals surface area contributed by atoms with Crippen molar-refractivity contribution in [3.63, 3.8) is 0 Å². The fourth-order valence-electron chi connectivity index (χ4n) is 2.71. The van der Waals surface area contributed by atoms with Gasteiger partial charge < -0.3 is 30.3 Å². The molecular formula is C15H19N3O4. The summed E-state index contributed by atoms with van der Waals surface area (Å²) in [5.41, 5.74) is 1.59. The van der Waals surface area contributed by atoms with Crippen molar-refractivity contribution < 1.29 is 20.4 Å². The van der Waals surface area contributed by atoms with E-state index in [0.29, 0.717) is 12.2 Å². The molecule has 0 saturated heterocycles. The van der Waals surface area contributed by atoms with Gasteiger partial charge in [0.15, 0.2) is 0 Å². The number of aromatic nitrogens is 2. The molecule has 7 nitrogen and oxygen atoms in total. The Hall–Kier alpha value is -1.93. The van der Waals surface area contributed by atoms with Gasteiger partial charge in [0.2, 0.25) is 0 Å². The molecule has 0 radical (unpaired) electrons. The van der Waals surface area contributed by atoms with Crippen LogP contribution < -0.4 is 5.32 Å². The highest BCUT2D eigenvalue weighted by Gasteiger charge is 2.41. The highest BCUT2D eigenvalue weighted by atomic mass is 16.4.